The number of methoxy groups -OCH3 is 2. The minimum absolute atomic E-state index is 0.266. The summed E-state index contributed by atoms with van der Waals surface area (Å²) in [6.07, 6.45) is 4.63. The van der Waals surface area contributed by atoms with Gasteiger partial charge >= 0.3 is 0 Å². The lowest BCUT2D eigenvalue weighted by molar-refractivity contribution is -0.230. The molecule has 0 aromatic rings. The van der Waals surface area contributed by atoms with Crippen molar-refractivity contribution in [2.45, 2.75) is 38.4 Å². The van der Waals surface area contributed by atoms with E-state index in [-0.39, 0.29) is 5.79 Å². The summed E-state index contributed by atoms with van der Waals surface area (Å²) in [6, 6.07) is 0. The lowest BCUT2D eigenvalue weighted by atomic mass is 9.86. The summed E-state index contributed by atoms with van der Waals surface area (Å²) >= 11 is 0. The van der Waals surface area contributed by atoms with E-state index >= 15 is 0 Å². The van der Waals surface area contributed by atoms with Crippen LogP contribution < -0.4 is 0 Å². The van der Waals surface area contributed by atoms with Gasteiger partial charge in [-0.1, -0.05) is 13.3 Å². The van der Waals surface area contributed by atoms with Crippen LogP contribution in [0, 0.1) is 5.92 Å². The summed E-state index contributed by atoms with van der Waals surface area (Å²) in [5, 5.41) is 0. The van der Waals surface area contributed by atoms with Gasteiger partial charge in [-0.15, -0.1) is 0 Å². The minimum atomic E-state index is -0.266. The van der Waals surface area contributed by atoms with Crippen molar-refractivity contribution in [3.05, 3.63) is 0 Å². The standard InChI is InChI=1S/C9H18O2/c1-8-5-4-6-9(7-8,10-2)11-3/h8H,4-7H2,1-3H3. The van der Waals surface area contributed by atoms with Crippen LogP contribution in [-0.2, 0) is 9.47 Å². The summed E-state index contributed by atoms with van der Waals surface area (Å²) in [4.78, 5) is 0. The molecule has 1 fully saturated rings. The fourth-order valence-corrected chi connectivity index (χ4v) is 1.91. The molecule has 1 aliphatic rings. The van der Waals surface area contributed by atoms with Crippen molar-refractivity contribution in [2.24, 2.45) is 5.92 Å². The van der Waals surface area contributed by atoms with E-state index < -0.39 is 0 Å². The summed E-state index contributed by atoms with van der Waals surface area (Å²) < 4.78 is 10.8. The van der Waals surface area contributed by atoms with Gasteiger partial charge < -0.3 is 9.47 Å². The monoisotopic (exact) mass is 158 g/mol. The van der Waals surface area contributed by atoms with Crippen LogP contribution in [0.5, 0.6) is 0 Å². The van der Waals surface area contributed by atoms with Crippen molar-refractivity contribution in [3.8, 4) is 0 Å². The summed E-state index contributed by atoms with van der Waals surface area (Å²) in [6.45, 7) is 2.26. The topological polar surface area (TPSA) is 18.5 Å². The molecule has 0 spiro atoms. The Morgan fingerprint density at radius 1 is 1.27 bits per heavy atom. The van der Waals surface area contributed by atoms with Crippen LogP contribution in [0.1, 0.15) is 32.6 Å². The fraction of sp³-hybridized carbons (Fsp3) is 1.00. The Labute approximate surface area is 68.9 Å². The molecule has 2 heteroatoms. The molecular formula is C9H18O2. The Hall–Kier alpha value is -0.0800. The van der Waals surface area contributed by atoms with Gasteiger partial charge in [-0.3, -0.25) is 0 Å². The van der Waals surface area contributed by atoms with Crippen molar-refractivity contribution in [3.63, 3.8) is 0 Å². The molecule has 0 amide bonds. The Kier molecular flexibility index (Phi) is 2.90. The molecule has 2 nitrogen and oxygen atoms in total. The average Bonchev–Trinajstić information content (AvgIpc) is 2.04. The van der Waals surface area contributed by atoms with Crippen molar-refractivity contribution in [1.29, 1.82) is 0 Å². The van der Waals surface area contributed by atoms with E-state index in [1.54, 1.807) is 14.2 Å². The van der Waals surface area contributed by atoms with Gasteiger partial charge in [0, 0.05) is 27.1 Å². The molecule has 0 saturated heterocycles. The van der Waals surface area contributed by atoms with Crippen molar-refractivity contribution in [1.82, 2.24) is 0 Å². The third-order valence-electron chi connectivity index (χ3n) is 2.66. The summed E-state index contributed by atoms with van der Waals surface area (Å²) in [5.41, 5.74) is 0. The Morgan fingerprint density at radius 2 is 1.91 bits per heavy atom. The number of hydrogen-bond acceptors (Lipinski definition) is 2. The Bertz CT molecular complexity index is 119. The zero-order chi connectivity index (χ0) is 8.32. The van der Waals surface area contributed by atoms with Gasteiger partial charge in [0.25, 0.3) is 0 Å². The first-order valence-electron chi connectivity index (χ1n) is 4.33. The summed E-state index contributed by atoms with van der Waals surface area (Å²) in [7, 11) is 3.48. The molecule has 0 radical (unpaired) electrons. The quantitative estimate of drug-likeness (QED) is 0.573. The van der Waals surface area contributed by atoms with E-state index in [2.05, 4.69) is 6.92 Å². The highest BCUT2D eigenvalue weighted by atomic mass is 16.7. The van der Waals surface area contributed by atoms with Crippen LogP contribution in [0.3, 0.4) is 0 Å². The van der Waals surface area contributed by atoms with Gasteiger partial charge in [-0.05, 0) is 12.3 Å². The van der Waals surface area contributed by atoms with E-state index in [1.165, 1.54) is 12.8 Å². The maximum absolute atomic E-state index is 5.38. The smallest absolute Gasteiger partial charge is 0.167 e. The SMILES string of the molecule is COC1(OC)CCCC(C)C1. The highest BCUT2D eigenvalue weighted by Gasteiger charge is 2.34. The molecule has 66 valence electrons. The van der Waals surface area contributed by atoms with E-state index in [0.717, 1.165) is 18.8 Å². The molecule has 0 N–H and O–H groups in total. The lowest BCUT2D eigenvalue weighted by Crippen LogP contribution is -2.38. The highest BCUT2D eigenvalue weighted by Crippen LogP contribution is 2.34. The molecule has 11 heavy (non-hydrogen) atoms. The Balaban J connectivity index is 2.52. The molecule has 0 aliphatic heterocycles. The number of ether oxygens (including phenoxy) is 2. The first-order valence-corrected chi connectivity index (χ1v) is 4.33. The molecule has 0 bridgehead atoms. The molecule has 1 saturated carbocycles. The molecule has 1 aliphatic carbocycles. The maximum Gasteiger partial charge on any atom is 0.167 e. The van der Waals surface area contributed by atoms with Crippen LogP contribution in [0.2, 0.25) is 0 Å². The van der Waals surface area contributed by atoms with Gasteiger partial charge in [-0.2, -0.15) is 0 Å². The first kappa shape index (κ1) is 9.01. The molecule has 1 atom stereocenters. The van der Waals surface area contributed by atoms with Crippen LogP contribution in [0.15, 0.2) is 0 Å². The van der Waals surface area contributed by atoms with Gasteiger partial charge in [0.05, 0.1) is 0 Å². The third-order valence-corrected chi connectivity index (χ3v) is 2.66. The zero-order valence-electron chi connectivity index (χ0n) is 7.72. The zero-order valence-corrected chi connectivity index (χ0v) is 7.72. The van der Waals surface area contributed by atoms with Crippen molar-refractivity contribution < 1.29 is 9.47 Å². The minimum Gasteiger partial charge on any atom is -0.353 e. The molecular weight excluding hydrogens is 140 g/mol. The van der Waals surface area contributed by atoms with Crippen molar-refractivity contribution >= 4 is 0 Å². The van der Waals surface area contributed by atoms with Gasteiger partial charge in [0.1, 0.15) is 0 Å². The van der Waals surface area contributed by atoms with Gasteiger partial charge in [-0.25, -0.2) is 0 Å². The highest BCUT2D eigenvalue weighted by molar-refractivity contribution is 4.77. The van der Waals surface area contributed by atoms with Crippen LogP contribution in [0.4, 0.5) is 0 Å². The predicted octanol–water partition coefficient (Wildman–Crippen LogP) is 2.19. The first-order chi connectivity index (χ1) is 5.22. The van der Waals surface area contributed by atoms with Crippen molar-refractivity contribution in [2.75, 3.05) is 14.2 Å². The maximum atomic E-state index is 5.38. The average molecular weight is 158 g/mol. The molecule has 1 rings (SSSR count). The molecule has 1 unspecified atom stereocenters. The van der Waals surface area contributed by atoms with Crippen LogP contribution in [-0.4, -0.2) is 20.0 Å². The second-order valence-electron chi connectivity index (χ2n) is 3.52. The van der Waals surface area contributed by atoms with Crippen LogP contribution in [0.25, 0.3) is 0 Å². The van der Waals surface area contributed by atoms with E-state index in [0.29, 0.717) is 0 Å². The number of rotatable bonds is 2. The summed E-state index contributed by atoms with van der Waals surface area (Å²) in [5.74, 6) is 0.473. The van der Waals surface area contributed by atoms with E-state index in [9.17, 15) is 0 Å². The largest absolute Gasteiger partial charge is 0.353 e. The second kappa shape index (κ2) is 3.55. The lowest BCUT2D eigenvalue weighted by Gasteiger charge is -2.37. The normalized spacial score (nSPS) is 30.3. The van der Waals surface area contributed by atoms with Gasteiger partial charge in [0.15, 0.2) is 5.79 Å². The third kappa shape index (κ3) is 1.94. The molecule has 0 heterocycles. The second-order valence-corrected chi connectivity index (χ2v) is 3.52. The van der Waals surface area contributed by atoms with Crippen LogP contribution >= 0.6 is 0 Å². The number of hydrogen-bond donors (Lipinski definition) is 0. The van der Waals surface area contributed by atoms with E-state index in [4.69, 9.17) is 9.47 Å². The van der Waals surface area contributed by atoms with Gasteiger partial charge in [0.2, 0.25) is 0 Å². The Morgan fingerprint density at radius 3 is 2.27 bits per heavy atom. The molecule has 0 aromatic heterocycles. The predicted molar refractivity (Wildman–Crippen MR) is 44.4 cm³/mol. The van der Waals surface area contributed by atoms with E-state index in [1.807, 2.05) is 0 Å². The fourth-order valence-electron chi connectivity index (χ4n) is 1.91. The molecule has 0 aromatic carbocycles.